The van der Waals surface area contributed by atoms with Gasteiger partial charge in [0.1, 0.15) is 0 Å². The Morgan fingerprint density at radius 3 is 1.28 bits per heavy atom. The van der Waals surface area contributed by atoms with Crippen LogP contribution in [0.4, 0.5) is 0 Å². The zero-order valence-corrected chi connectivity index (χ0v) is 35.5. The van der Waals surface area contributed by atoms with Crippen molar-refractivity contribution in [3.8, 4) is 0 Å². The van der Waals surface area contributed by atoms with E-state index in [9.17, 15) is 19.8 Å². The Balaban J connectivity index is 3.50. The monoisotopic (exact) mass is 750 g/mol. The number of aliphatic hydroxyl groups is 2. The van der Waals surface area contributed by atoms with Crippen LogP contribution in [-0.4, -0.2) is 47.4 Å². The van der Waals surface area contributed by atoms with Crippen molar-refractivity contribution in [2.75, 3.05) is 13.2 Å². The van der Waals surface area contributed by atoms with Crippen LogP contribution in [0.15, 0.2) is 12.2 Å². The molecule has 0 saturated heterocycles. The summed E-state index contributed by atoms with van der Waals surface area (Å²) in [6, 6.07) is -0.637. The van der Waals surface area contributed by atoms with Gasteiger partial charge in [-0.2, -0.15) is 0 Å². The maximum absolute atomic E-state index is 12.4. The third kappa shape index (κ3) is 40.1. The van der Waals surface area contributed by atoms with E-state index < -0.39 is 12.1 Å². The minimum atomic E-state index is -0.852. The standard InChI is InChI=1S/C47H91NO5/c1-3-5-7-9-11-13-15-16-20-23-27-31-35-39-45(50)44(43-49)48-46(51)40-36-32-28-24-21-17-18-22-26-30-34-38-42-53-47(52)41-37-33-29-25-19-14-12-10-8-6-4-2/h35,39,44-45,49-50H,3-34,36-38,40-43H2,1-2H3,(H,48,51)/b39-35+. The molecule has 314 valence electrons. The molecule has 2 atom stereocenters. The molecule has 0 fully saturated rings. The fourth-order valence-electron chi connectivity index (χ4n) is 7.16. The Bertz CT molecular complexity index is 787. The van der Waals surface area contributed by atoms with E-state index in [1.807, 2.05) is 6.08 Å². The highest BCUT2D eigenvalue weighted by Crippen LogP contribution is 2.15. The van der Waals surface area contributed by atoms with Crippen molar-refractivity contribution < 1.29 is 24.5 Å². The van der Waals surface area contributed by atoms with E-state index in [0.717, 1.165) is 57.8 Å². The SMILES string of the molecule is CCCCCCCCCCCCC/C=C/C(O)C(CO)NC(=O)CCCCCCCCCCCCCCOC(=O)CCCCCCCCCCCCC. The number of nitrogens with one attached hydrogen (secondary N) is 1. The molecule has 3 N–H and O–H groups in total. The second kappa shape index (κ2) is 43.3. The average molecular weight is 750 g/mol. The second-order valence-corrected chi connectivity index (χ2v) is 16.1. The van der Waals surface area contributed by atoms with E-state index in [-0.39, 0.29) is 18.5 Å². The average Bonchev–Trinajstić information content (AvgIpc) is 3.16. The molecule has 0 radical (unpaired) electrons. The lowest BCUT2D eigenvalue weighted by atomic mass is 10.0. The van der Waals surface area contributed by atoms with E-state index in [4.69, 9.17) is 4.74 Å². The minimum absolute atomic E-state index is 0.0115. The molecular weight excluding hydrogens is 659 g/mol. The van der Waals surface area contributed by atoms with Crippen LogP contribution in [-0.2, 0) is 14.3 Å². The molecular formula is C47H91NO5. The number of unbranched alkanes of at least 4 members (excludes halogenated alkanes) is 32. The first-order valence-electron chi connectivity index (χ1n) is 23.5. The molecule has 0 aliphatic carbocycles. The predicted molar refractivity (Wildman–Crippen MR) is 227 cm³/mol. The van der Waals surface area contributed by atoms with Crippen LogP contribution >= 0.6 is 0 Å². The maximum atomic E-state index is 12.4. The van der Waals surface area contributed by atoms with Crippen LogP contribution in [0.25, 0.3) is 0 Å². The number of amides is 1. The summed E-state index contributed by atoms with van der Waals surface area (Å²) >= 11 is 0. The van der Waals surface area contributed by atoms with Crippen molar-refractivity contribution >= 4 is 11.9 Å². The molecule has 0 heterocycles. The first-order valence-corrected chi connectivity index (χ1v) is 23.5. The molecule has 0 bridgehead atoms. The van der Waals surface area contributed by atoms with Crippen molar-refractivity contribution in [2.45, 2.75) is 264 Å². The molecule has 0 rings (SSSR count). The molecule has 2 unspecified atom stereocenters. The summed E-state index contributed by atoms with van der Waals surface area (Å²) in [7, 11) is 0. The molecule has 0 saturated carbocycles. The number of esters is 1. The van der Waals surface area contributed by atoms with Gasteiger partial charge in [0.05, 0.1) is 25.4 Å². The molecule has 0 spiro atoms. The van der Waals surface area contributed by atoms with Gasteiger partial charge in [0, 0.05) is 12.8 Å². The number of carbonyl (C=O) groups excluding carboxylic acids is 2. The van der Waals surface area contributed by atoms with Gasteiger partial charge in [-0.25, -0.2) is 0 Å². The number of rotatable bonds is 43. The fourth-order valence-corrected chi connectivity index (χ4v) is 7.16. The number of hydrogen-bond donors (Lipinski definition) is 3. The van der Waals surface area contributed by atoms with E-state index in [0.29, 0.717) is 19.4 Å². The summed E-state index contributed by atoms with van der Waals surface area (Å²) in [5, 5.41) is 23.0. The predicted octanol–water partition coefficient (Wildman–Crippen LogP) is 13.4. The molecule has 6 heteroatoms. The summed E-state index contributed by atoms with van der Waals surface area (Å²) in [5.41, 5.74) is 0. The van der Waals surface area contributed by atoms with Crippen LogP contribution in [0.5, 0.6) is 0 Å². The molecule has 0 aliphatic rings. The number of aliphatic hydroxyl groups excluding tert-OH is 2. The van der Waals surface area contributed by atoms with E-state index >= 15 is 0 Å². The molecule has 0 aromatic rings. The molecule has 53 heavy (non-hydrogen) atoms. The van der Waals surface area contributed by atoms with E-state index in [2.05, 4.69) is 19.2 Å². The van der Waals surface area contributed by atoms with Gasteiger partial charge in [0.25, 0.3) is 0 Å². The van der Waals surface area contributed by atoms with Crippen LogP contribution in [0.1, 0.15) is 251 Å². The van der Waals surface area contributed by atoms with Crippen LogP contribution in [0, 0.1) is 0 Å². The molecule has 6 nitrogen and oxygen atoms in total. The van der Waals surface area contributed by atoms with Crippen LogP contribution in [0.3, 0.4) is 0 Å². The van der Waals surface area contributed by atoms with Crippen LogP contribution in [0.2, 0.25) is 0 Å². The molecule has 0 aliphatic heterocycles. The zero-order valence-electron chi connectivity index (χ0n) is 35.5. The Morgan fingerprint density at radius 1 is 0.509 bits per heavy atom. The Kier molecular flexibility index (Phi) is 42.2. The van der Waals surface area contributed by atoms with Crippen molar-refractivity contribution in [3.63, 3.8) is 0 Å². The van der Waals surface area contributed by atoms with Crippen LogP contribution < -0.4 is 5.32 Å². The highest BCUT2D eigenvalue weighted by Gasteiger charge is 2.18. The lowest BCUT2D eigenvalue weighted by Gasteiger charge is -2.20. The smallest absolute Gasteiger partial charge is 0.305 e. The third-order valence-electron chi connectivity index (χ3n) is 10.8. The summed E-state index contributed by atoms with van der Waals surface area (Å²) in [6.45, 7) is 4.85. The zero-order chi connectivity index (χ0) is 38.7. The number of allylic oxidation sites excluding steroid dienone is 1. The van der Waals surface area contributed by atoms with Crippen molar-refractivity contribution in [1.82, 2.24) is 5.32 Å². The van der Waals surface area contributed by atoms with Gasteiger partial charge in [0.2, 0.25) is 5.91 Å². The second-order valence-electron chi connectivity index (χ2n) is 16.1. The Hall–Kier alpha value is -1.40. The normalized spacial score (nSPS) is 12.8. The third-order valence-corrected chi connectivity index (χ3v) is 10.8. The maximum Gasteiger partial charge on any atom is 0.305 e. The van der Waals surface area contributed by atoms with E-state index in [1.165, 1.54) is 167 Å². The molecule has 0 aromatic heterocycles. The largest absolute Gasteiger partial charge is 0.466 e. The summed E-state index contributed by atoms with van der Waals surface area (Å²) in [5.74, 6) is -0.0952. The van der Waals surface area contributed by atoms with Gasteiger partial charge < -0.3 is 20.3 Å². The first-order chi connectivity index (χ1) is 26.0. The first kappa shape index (κ1) is 51.6. The quantitative estimate of drug-likeness (QED) is 0.0328. The van der Waals surface area contributed by atoms with Gasteiger partial charge in [-0.1, -0.05) is 219 Å². The summed E-state index contributed by atoms with van der Waals surface area (Å²) in [4.78, 5) is 24.3. The number of hydrogen-bond acceptors (Lipinski definition) is 5. The highest BCUT2D eigenvalue weighted by molar-refractivity contribution is 5.76. The summed E-state index contributed by atoms with van der Waals surface area (Å²) in [6.07, 6.45) is 47.6. The van der Waals surface area contributed by atoms with Crippen molar-refractivity contribution in [3.05, 3.63) is 12.2 Å². The fraction of sp³-hybridized carbons (Fsp3) is 0.915. The molecule has 0 aromatic carbocycles. The van der Waals surface area contributed by atoms with Gasteiger partial charge >= 0.3 is 5.97 Å². The van der Waals surface area contributed by atoms with Gasteiger partial charge in [-0.3, -0.25) is 9.59 Å². The lowest BCUT2D eigenvalue weighted by molar-refractivity contribution is -0.143. The van der Waals surface area contributed by atoms with Gasteiger partial charge in [-0.05, 0) is 32.1 Å². The van der Waals surface area contributed by atoms with Gasteiger partial charge in [-0.15, -0.1) is 0 Å². The highest BCUT2D eigenvalue weighted by atomic mass is 16.5. The van der Waals surface area contributed by atoms with Crippen molar-refractivity contribution in [1.29, 1.82) is 0 Å². The number of carbonyl (C=O) groups is 2. The number of ether oxygens (including phenoxy) is 1. The Morgan fingerprint density at radius 2 is 0.868 bits per heavy atom. The Labute approximate surface area is 329 Å². The molecule has 1 amide bonds. The lowest BCUT2D eigenvalue weighted by Crippen LogP contribution is -2.45. The van der Waals surface area contributed by atoms with Crippen molar-refractivity contribution in [2.24, 2.45) is 0 Å². The van der Waals surface area contributed by atoms with Gasteiger partial charge in [0.15, 0.2) is 0 Å². The minimum Gasteiger partial charge on any atom is -0.466 e. The summed E-state index contributed by atoms with van der Waals surface area (Å²) < 4.78 is 5.43. The topological polar surface area (TPSA) is 95.9 Å². The van der Waals surface area contributed by atoms with E-state index in [1.54, 1.807) is 6.08 Å².